The molecule has 0 aromatic carbocycles. The number of aliphatic hydroxyl groups excluding tert-OH is 1. The molecule has 0 aromatic rings. The molecule has 1 heterocycles. The quantitative estimate of drug-likeness (QED) is 0.386. The number of aliphatic hydroxyl groups is 1. The summed E-state index contributed by atoms with van der Waals surface area (Å²) < 4.78 is 0. The molecule has 0 radical (unpaired) electrons. The van der Waals surface area contributed by atoms with Gasteiger partial charge in [-0.3, -0.25) is 4.79 Å². The van der Waals surface area contributed by atoms with Gasteiger partial charge in [0.15, 0.2) is 0 Å². The standard InChI is InChI=1S/C24H40N2O2/c1-3-4-5-6-8-13-23(28)25-21(20-26-18-11-12-19-26)22(27)14-17-24(2)15-9-7-10-16-24/h7,9-10,14-15,17,21-22,27H,3-6,8,11-13,16,18-20H2,1-2H3,(H,25,28)/b17-14+/t21-,22-,24?/m1/s1. The third-order valence-corrected chi connectivity index (χ3v) is 5.88. The summed E-state index contributed by atoms with van der Waals surface area (Å²) in [5.74, 6) is 0.0693. The van der Waals surface area contributed by atoms with Gasteiger partial charge in [0, 0.05) is 18.4 Å². The number of likely N-dealkylation sites (tertiary alicyclic amines) is 1. The molecule has 0 spiro atoms. The lowest BCUT2D eigenvalue weighted by atomic mass is 9.83. The van der Waals surface area contributed by atoms with Crippen molar-refractivity contribution in [2.45, 2.75) is 83.8 Å². The van der Waals surface area contributed by atoms with Crippen LogP contribution in [-0.2, 0) is 4.79 Å². The Labute approximate surface area is 171 Å². The predicted octanol–water partition coefficient (Wildman–Crippen LogP) is 4.37. The van der Waals surface area contributed by atoms with Crippen molar-refractivity contribution in [2.24, 2.45) is 5.41 Å². The third kappa shape index (κ3) is 8.32. The van der Waals surface area contributed by atoms with E-state index in [1.807, 2.05) is 6.08 Å². The van der Waals surface area contributed by atoms with Gasteiger partial charge in [-0.25, -0.2) is 0 Å². The van der Waals surface area contributed by atoms with E-state index in [0.717, 1.165) is 38.9 Å². The Morgan fingerprint density at radius 1 is 1.21 bits per heavy atom. The normalized spacial score (nSPS) is 24.7. The fourth-order valence-electron chi connectivity index (χ4n) is 3.97. The summed E-state index contributed by atoms with van der Waals surface area (Å²) in [6, 6.07) is -0.246. The van der Waals surface area contributed by atoms with Crippen molar-refractivity contribution in [1.82, 2.24) is 10.2 Å². The topological polar surface area (TPSA) is 52.6 Å². The second-order valence-electron chi connectivity index (χ2n) is 8.69. The highest BCUT2D eigenvalue weighted by atomic mass is 16.3. The number of hydrogen-bond donors (Lipinski definition) is 2. The average molecular weight is 389 g/mol. The molecule has 1 fully saturated rings. The molecule has 1 amide bonds. The smallest absolute Gasteiger partial charge is 0.220 e. The van der Waals surface area contributed by atoms with E-state index in [1.54, 1.807) is 0 Å². The van der Waals surface area contributed by atoms with Crippen LogP contribution in [0.4, 0.5) is 0 Å². The van der Waals surface area contributed by atoms with Crippen LogP contribution in [0.2, 0.25) is 0 Å². The number of rotatable bonds is 12. The molecule has 28 heavy (non-hydrogen) atoms. The molecule has 0 bridgehead atoms. The van der Waals surface area contributed by atoms with Gasteiger partial charge < -0.3 is 15.3 Å². The first-order valence-electron chi connectivity index (χ1n) is 11.3. The van der Waals surface area contributed by atoms with Gasteiger partial charge in [0.05, 0.1) is 12.1 Å². The number of nitrogens with one attached hydrogen (secondary N) is 1. The minimum absolute atomic E-state index is 0.0583. The lowest BCUT2D eigenvalue weighted by molar-refractivity contribution is -0.122. The van der Waals surface area contributed by atoms with Crippen molar-refractivity contribution in [3.63, 3.8) is 0 Å². The summed E-state index contributed by atoms with van der Waals surface area (Å²) in [6.45, 7) is 7.21. The van der Waals surface area contributed by atoms with E-state index in [-0.39, 0.29) is 17.4 Å². The number of allylic oxidation sites excluding steroid dienone is 5. The molecule has 158 valence electrons. The Balaban J connectivity index is 1.89. The van der Waals surface area contributed by atoms with Crippen LogP contribution in [0.3, 0.4) is 0 Å². The summed E-state index contributed by atoms with van der Waals surface area (Å²) in [5.41, 5.74) is -0.0583. The monoisotopic (exact) mass is 388 g/mol. The van der Waals surface area contributed by atoms with E-state index in [9.17, 15) is 9.90 Å². The van der Waals surface area contributed by atoms with E-state index >= 15 is 0 Å². The molecular weight excluding hydrogens is 348 g/mol. The molecule has 1 aliphatic heterocycles. The van der Waals surface area contributed by atoms with Crippen molar-refractivity contribution < 1.29 is 9.90 Å². The van der Waals surface area contributed by atoms with Crippen LogP contribution >= 0.6 is 0 Å². The number of carbonyl (C=O) groups excluding carboxylic acids is 1. The Morgan fingerprint density at radius 3 is 2.64 bits per heavy atom. The zero-order chi connectivity index (χ0) is 20.2. The highest BCUT2D eigenvalue weighted by Crippen LogP contribution is 2.28. The van der Waals surface area contributed by atoms with E-state index in [2.05, 4.69) is 54.4 Å². The van der Waals surface area contributed by atoms with Gasteiger partial charge in [-0.2, -0.15) is 0 Å². The Bertz CT molecular complexity index is 549. The molecule has 0 saturated carbocycles. The number of carbonyl (C=O) groups is 1. The van der Waals surface area contributed by atoms with Crippen LogP contribution < -0.4 is 5.32 Å². The molecule has 4 heteroatoms. The first kappa shape index (κ1) is 22.9. The fourth-order valence-corrected chi connectivity index (χ4v) is 3.97. The second-order valence-corrected chi connectivity index (χ2v) is 8.69. The highest BCUT2D eigenvalue weighted by molar-refractivity contribution is 5.76. The van der Waals surface area contributed by atoms with Crippen LogP contribution in [0, 0.1) is 5.41 Å². The zero-order valence-corrected chi connectivity index (χ0v) is 17.9. The third-order valence-electron chi connectivity index (χ3n) is 5.88. The lowest BCUT2D eigenvalue weighted by Gasteiger charge is -2.28. The van der Waals surface area contributed by atoms with Crippen molar-refractivity contribution in [1.29, 1.82) is 0 Å². The van der Waals surface area contributed by atoms with Gasteiger partial charge in [0.25, 0.3) is 0 Å². The summed E-state index contributed by atoms with van der Waals surface area (Å²) in [5, 5.41) is 14.0. The Kier molecular flexibility index (Phi) is 10.0. The van der Waals surface area contributed by atoms with E-state index in [4.69, 9.17) is 0 Å². The van der Waals surface area contributed by atoms with Crippen molar-refractivity contribution >= 4 is 5.91 Å². The number of nitrogens with zero attached hydrogens (tertiary/aromatic N) is 1. The van der Waals surface area contributed by atoms with Crippen LogP contribution in [0.5, 0.6) is 0 Å². The molecule has 2 rings (SSSR count). The largest absolute Gasteiger partial charge is 0.387 e. The number of unbranched alkanes of at least 4 members (excludes halogenated alkanes) is 4. The van der Waals surface area contributed by atoms with Gasteiger partial charge in [0.2, 0.25) is 5.91 Å². The molecule has 3 atom stereocenters. The lowest BCUT2D eigenvalue weighted by Crippen LogP contribution is -2.49. The molecule has 1 aliphatic carbocycles. The molecule has 2 N–H and O–H groups in total. The van der Waals surface area contributed by atoms with E-state index in [1.165, 1.54) is 32.1 Å². The second kappa shape index (κ2) is 12.2. The summed E-state index contributed by atoms with van der Waals surface area (Å²) >= 11 is 0. The van der Waals surface area contributed by atoms with Crippen molar-refractivity contribution in [3.05, 3.63) is 36.5 Å². The van der Waals surface area contributed by atoms with Crippen LogP contribution in [0.1, 0.15) is 71.6 Å². The van der Waals surface area contributed by atoms with Gasteiger partial charge in [-0.05, 0) is 38.8 Å². The Morgan fingerprint density at radius 2 is 1.96 bits per heavy atom. The van der Waals surface area contributed by atoms with Gasteiger partial charge in [-0.15, -0.1) is 0 Å². The maximum atomic E-state index is 12.4. The van der Waals surface area contributed by atoms with Crippen molar-refractivity contribution in [2.75, 3.05) is 19.6 Å². The van der Waals surface area contributed by atoms with Gasteiger partial charge in [0.1, 0.15) is 0 Å². The SMILES string of the molecule is CCCCCCCC(=O)N[C@H](CN1CCCC1)[C@H](O)/C=C/C1(C)C=CC=CC1. The fraction of sp³-hybridized carbons (Fsp3) is 0.708. The summed E-state index contributed by atoms with van der Waals surface area (Å²) in [6.07, 6.45) is 21.4. The Hall–Kier alpha value is -1.39. The maximum Gasteiger partial charge on any atom is 0.220 e. The summed E-state index contributed by atoms with van der Waals surface area (Å²) in [7, 11) is 0. The average Bonchev–Trinajstić information content (AvgIpc) is 3.19. The molecule has 1 unspecified atom stereocenters. The van der Waals surface area contributed by atoms with Gasteiger partial charge >= 0.3 is 0 Å². The molecule has 4 nitrogen and oxygen atoms in total. The van der Waals surface area contributed by atoms with Gasteiger partial charge in [-0.1, -0.05) is 76.0 Å². The summed E-state index contributed by atoms with van der Waals surface area (Å²) in [4.78, 5) is 14.8. The van der Waals surface area contributed by atoms with Crippen LogP contribution in [-0.4, -0.2) is 47.7 Å². The first-order valence-corrected chi connectivity index (χ1v) is 11.3. The minimum Gasteiger partial charge on any atom is -0.387 e. The molecule has 2 aliphatic rings. The maximum absolute atomic E-state index is 12.4. The van der Waals surface area contributed by atoms with Crippen LogP contribution in [0.15, 0.2) is 36.5 Å². The number of hydrogen-bond acceptors (Lipinski definition) is 3. The van der Waals surface area contributed by atoms with Crippen molar-refractivity contribution in [3.8, 4) is 0 Å². The molecule has 1 saturated heterocycles. The number of amides is 1. The predicted molar refractivity (Wildman–Crippen MR) is 117 cm³/mol. The first-order chi connectivity index (χ1) is 13.5. The van der Waals surface area contributed by atoms with E-state index in [0.29, 0.717) is 6.42 Å². The van der Waals surface area contributed by atoms with E-state index < -0.39 is 6.10 Å². The molecule has 0 aromatic heterocycles. The highest BCUT2D eigenvalue weighted by Gasteiger charge is 2.25. The minimum atomic E-state index is -0.666. The van der Waals surface area contributed by atoms with Crippen LogP contribution in [0.25, 0.3) is 0 Å². The zero-order valence-electron chi connectivity index (χ0n) is 17.9. The molecular formula is C24H40N2O2.